The SMILES string of the molecule is COC(C)(C)CC(CN)N1CCCC(C)(C)C1. The van der Waals surface area contributed by atoms with Gasteiger partial charge in [0.1, 0.15) is 0 Å². The van der Waals surface area contributed by atoms with Crippen molar-refractivity contribution in [1.82, 2.24) is 4.90 Å². The highest BCUT2D eigenvalue weighted by atomic mass is 16.5. The molecule has 1 aliphatic heterocycles. The molecule has 1 unspecified atom stereocenters. The third-order valence-corrected chi connectivity index (χ3v) is 4.00. The number of hydrogen-bond donors (Lipinski definition) is 1. The van der Waals surface area contributed by atoms with E-state index in [1.165, 1.54) is 19.4 Å². The van der Waals surface area contributed by atoms with E-state index in [4.69, 9.17) is 10.5 Å². The lowest BCUT2D eigenvalue weighted by atomic mass is 9.82. The summed E-state index contributed by atoms with van der Waals surface area (Å²) in [5, 5.41) is 0. The van der Waals surface area contributed by atoms with E-state index in [0.717, 1.165) is 19.5 Å². The van der Waals surface area contributed by atoms with Gasteiger partial charge in [-0.05, 0) is 45.1 Å². The molecule has 3 nitrogen and oxygen atoms in total. The van der Waals surface area contributed by atoms with E-state index in [0.29, 0.717) is 11.5 Å². The molecule has 1 saturated heterocycles. The molecule has 1 rings (SSSR count). The van der Waals surface area contributed by atoms with Gasteiger partial charge in [0.15, 0.2) is 0 Å². The van der Waals surface area contributed by atoms with Crippen LogP contribution in [-0.2, 0) is 4.74 Å². The molecule has 0 aliphatic carbocycles. The minimum Gasteiger partial charge on any atom is -0.379 e. The fourth-order valence-corrected chi connectivity index (χ4v) is 2.79. The molecule has 3 heteroatoms. The molecule has 0 aromatic heterocycles. The third kappa shape index (κ3) is 4.57. The van der Waals surface area contributed by atoms with Crippen LogP contribution in [0, 0.1) is 5.41 Å². The summed E-state index contributed by atoms with van der Waals surface area (Å²) < 4.78 is 5.53. The maximum absolute atomic E-state index is 5.96. The molecule has 0 saturated carbocycles. The Morgan fingerprint density at radius 2 is 2.06 bits per heavy atom. The van der Waals surface area contributed by atoms with Gasteiger partial charge < -0.3 is 10.5 Å². The Hall–Kier alpha value is -0.120. The molecular formula is C14H30N2O. The van der Waals surface area contributed by atoms with Gasteiger partial charge in [-0.1, -0.05) is 13.8 Å². The smallest absolute Gasteiger partial charge is 0.0638 e. The molecule has 1 atom stereocenters. The van der Waals surface area contributed by atoms with E-state index in [9.17, 15) is 0 Å². The third-order valence-electron chi connectivity index (χ3n) is 4.00. The number of nitrogens with zero attached hydrogens (tertiary/aromatic N) is 1. The van der Waals surface area contributed by atoms with Crippen molar-refractivity contribution in [2.45, 2.75) is 58.6 Å². The van der Waals surface area contributed by atoms with Gasteiger partial charge in [-0.25, -0.2) is 0 Å². The Morgan fingerprint density at radius 1 is 1.41 bits per heavy atom. The van der Waals surface area contributed by atoms with E-state index in [1.54, 1.807) is 7.11 Å². The predicted molar refractivity (Wildman–Crippen MR) is 73.1 cm³/mol. The van der Waals surface area contributed by atoms with Crippen LogP contribution in [0.25, 0.3) is 0 Å². The molecule has 0 spiro atoms. The van der Waals surface area contributed by atoms with Crippen LogP contribution < -0.4 is 5.73 Å². The Kier molecular flexibility index (Phi) is 4.99. The molecule has 0 aromatic carbocycles. The normalized spacial score (nSPS) is 23.6. The first kappa shape index (κ1) is 14.9. The number of likely N-dealkylation sites (tertiary alicyclic amines) is 1. The Balaban J connectivity index is 2.61. The van der Waals surface area contributed by atoms with Gasteiger partial charge >= 0.3 is 0 Å². The van der Waals surface area contributed by atoms with Crippen LogP contribution in [0.15, 0.2) is 0 Å². The lowest BCUT2D eigenvalue weighted by Crippen LogP contribution is -2.51. The molecule has 1 heterocycles. The highest BCUT2D eigenvalue weighted by molar-refractivity contribution is 4.87. The van der Waals surface area contributed by atoms with Crippen LogP contribution in [0.1, 0.15) is 47.0 Å². The van der Waals surface area contributed by atoms with Crippen molar-refractivity contribution < 1.29 is 4.74 Å². The zero-order chi connectivity index (χ0) is 13.1. The van der Waals surface area contributed by atoms with Crippen molar-refractivity contribution in [3.63, 3.8) is 0 Å². The molecule has 1 aliphatic rings. The second kappa shape index (κ2) is 5.68. The zero-order valence-corrected chi connectivity index (χ0v) is 12.3. The number of nitrogens with two attached hydrogens (primary N) is 1. The van der Waals surface area contributed by atoms with Gasteiger partial charge in [0.25, 0.3) is 0 Å². The lowest BCUT2D eigenvalue weighted by Gasteiger charge is -2.43. The van der Waals surface area contributed by atoms with Crippen molar-refractivity contribution in [2.24, 2.45) is 11.1 Å². The molecule has 102 valence electrons. The fourth-order valence-electron chi connectivity index (χ4n) is 2.79. The maximum Gasteiger partial charge on any atom is 0.0638 e. The first-order valence-corrected chi connectivity index (χ1v) is 6.79. The van der Waals surface area contributed by atoms with E-state index < -0.39 is 0 Å². The maximum atomic E-state index is 5.96. The minimum atomic E-state index is -0.0778. The minimum absolute atomic E-state index is 0.0778. The highest BCUT2D eigenvalue weighted by Crippen LogP contribution is 2.31. The molecule has 0 bridgehead atoms. The summed E-state index contributed by atoms with van der Waals surface area (Å²) in [5.74, 6) is 0. The summed E-state index contributed by atoms with van der Waals surface area (Å²) in [5.41, 5.74) is 6.31. The predicted octanol–water partition coefficient (Wildman–Crippen LogP) is 2.25. The molecule has 0 radical (unpaired) electrons. The molecule has 0 amide bonds. The van der Waals surface area contributed by atoms with E-state index in [-0.39, 0.29) is 5.60 Å². The van der Waals surface area contributed by atoms with Gasteiger partial charge in [-0.2, -0.15) is 0 Å². The first-order chi connectivity index (χ1) is 7.79. The summed E-state index contributed by atoms with van der Waals surface area (Å²) >= 11 is 0. The number of methoxy groups -OCH3 is 1. The van der Waals surface area contributed by atoms with E-state index >= 15 is 0 Å². The first-order valence-electron chi connectivity index (χ1n) is 6.79. The number of hydrogen-bond acceptors (Lipinski definition) is 3. The van der Waals surface area contributed by atoms with Crippen LogP contribution in [0.4, 0.5) is 0 Å². The number of rotatable bonds is 5. The van der Waals surface area contributed by atoms with Crippen molar-refractivity contribution in [3.05, 3.63) is 0 Å². The average Bonchev–Trinajstić information content (AvgIpc) is 2.24. The van der Waals surface area contributed by atoms with Crippen LogP contribution in [0.2, 0.25) is 0 Å². The monoisotopic (exact) mass is 242 g/mol. The van der Waals surface area contributed by atoms with Gasteiger partial charge in [-0.3, -0.25) is 4.90 Å². The largest absolute Gasteiger partial charge is 0.379 e. The Bertz CT molecular complexity index is 238. The molecule has 2 N–H and O–H groups in total. The summed E-state index contributed by atoms with van der Waals surface area (Å²) in [7, 11) is 1.79. The molecule has 0 aromatic rings. The summed E-state index contributed by atoms with van der Waals surface area (Å²) in [6, 6.07) is 0.449. The highest BCUT2D eigenvalue weighted by Gasteiger charge is 2.32. The van der Waals surface area contributed by atoms with Crippen LogP contribution in [0.5, 0.6) is 0 Å². The van der Waals surface area contributed by atoms with Gasteiger partial charge in [0.2, 0.25) is 0 Å². The van der Waals surface area contributed by atoms with Crippen LogP contribution in [0.3, 0.4) is 0 Å². The van der Waals surface area contributed by atoms with Crippen LogP contribution >= 0.6 is 0 Å². The van der Waals surface area contributed by atoms with E-state index in [1.807, 2.05) is 0 Å². The molecular weight excluding hydrogens is 212 g/mol. The lowest BCUT2D eigenvalue weighted by molar-refractivity contribution is -0.0191. The molecule has 1 fully saturated rings. The summed E-state index contributed by atoms with van der Waals surface area (Å²) in [6.45, 7) is 12.1. The quantitative estimate of drug-likeness (QED) is 0.803. The Labute approximate surface area is 107 Å². The topological polar surface area (TPSA) is 38.5 Å². The van der Waals surface area contributed by atoms with Crippen molar-refractivity contribution >= 4 is 0 Å². The Morgan fingerprint density at radius 3 is 2.53 bits per heavy atom. The standard InChI is InChI=1S/C14H30N2O/c1-13(2)7-6-8-16(11-13)12(10-15)9-14(3,4)17-5/h12H,6-11,15H2,1-5H3. The van der Waals surface area contributed by atoms with Gasteiger partial charge in [0, 0.05) is 26.2 Å². The number of ether oxygens (including phenoxy) is 1. The number of piperidine rings is 1. The summed E-state index contributed by atoms with van der Waals surface area (Å²) in [6.07, 6.45) is 3.63. The van der Waals surface area contributed by atoms with Gasteiger partial charge in [0.05, 0.1) is 5.60 Å². The van der Waals surface area contributed by atoms with Crippen molar-refractivity contribution in [2.75, 3.05) is 26.7 Å². The average molecular weight is 242 g/mol. The summed E-state index contributed by atoms with van der Waals surface area (Å²) in [4.78, 5) is 2.56. The second-order valence-electron chi connectivity index (χ2n) is 6.80. The fraction of sp³-hybridized carbons (Fsp3) is 1.00. The van der Waals surface area contributed by atoms with Gasteiger partial charge in [-0.15, -0.1) is 0 Å². The van der Waals surface area contributed by atoms with Crippen molar-refractivity contribution in [3.8, 4) is 0 Å². The molecule has 17 heavy (non-hydrogen) atoms. The van der Waals surface area contributed by atoms with Crippen LogP contribution in [-0.4, -0.2) is 43.3 Å². The second-order valence-corrected chi connectivity index (χ2v) is 6.80. The van der Waals surface area contributed by atoms with Crippen molar-refractivity contribution in [1.29, 1.82) is 0 Å². The zero-order valence-electron chi connectivity index (χ0n) is 12.3. The van der Waals surface area contributed by atoms with E-state index in [2.05, 4.69) is 32.6 Å².